The third-order valence-electron chi connectivity index (χ3n) is 7.13. The van der Waals surface area contributed by atoms with Crippen molar-refractivity contribution < 1.29 is 32.2 Å². The molecule has 0 bridgehead atoms. The Bertz CT molecular complexity index is 1560. The first-order valence-corrected chi connectivity index (χ1v) is 15.4. The molecular weight excluding hydrogens is 563 g/mol. The van der Waals surface area contributed by atoms with Crippen LogP contribution >= 0.6 is 0 Å². The SMILES string of the molecule is C=CCOC1(C)CCN(c2c([C@H](OC(C)(C)C)C(=O)O)c(C)cc3nc(NS(=O)(=O)Cc4ccc(F)cc4)cn23)CC1. The molecule has 2 aromatic heterocycles. The van der Waals surface area contributed by atoms with Gasteiger partial charge in [0.1, 0.15) is 17.3 Å². The number of ether oxygens (including phenoxy) is 2. The Kier molecular flexibility index (Phi) is 9.00. The van der Waals surface area contributed by atoms with Gasteiger partial charge in [-0.2, -0.15) is 0 Å². The number of rotatable bonds is 11. The summed E-state index contributed by atoms with van der Waals surface area (Å²) in [6, 6.07) is 6.96. The number of hydrogen-bond acceptors (Lipinski definition) is 7. The van der Waals surface area contributed by atoms with Crippen LogP contribution in [-0.4, -0.2) is 59.8 Å². The number of aromatic nitrogens is 2. The minimum absolute atomic E-state index is 0.0784. The minimum atomic E-state index is -3.89. The number of anilines is 2. The average Bonchev–Trinajstić information content (AvgIpc) is 3.27. The Morgan fingerprint density at radius 3 is 2.48 bits per heavy atom. The lowest BCUT2D eigenvalue weighted by molar-refractivity contribution is -0.160. The Labute approximate surface area is 246 Å². The predicted octanol–water partition coefficient (Wildman–Crippen LogP) is 5.23. The second kappa shape index (κ2) is 12.0. The molecule has 1 atom stereocenters. The molecule has 0 amide bonds. The van der Waals surface area contributed by atoms with Crippen LogP contribution < -0.4 is 9.62 Å². The van der Waals surface area contributed by atoms with Crippen LogP contribution in [0.1, 0.15) is 63.3 Å². The van der Waals surface area contributed by atoms with Crippen LogP contribution in [0, 0.1) is 12.7 Å². The van der Waals surface area contributed by atoms with E-state index in [0.717, 1.165) is 0 Å². The van der Waals surface area contributed by atoms with E-state index in [2.05, 4.69) is 28.1 Å². The Morgan fingerprint density at radius 2 is 1.90 bits per heavy atom. The highest BCUT2D eigenvalue weighted by atomic mass is 32.2. The van der Waals surface area contributed by atoms with E-state index in [-0.39, 0.29) is 17.2 Å². The molecule has 1 fully saturated rings. The molecule has 0 radical (unpaired) electrons. The number of aryl methyl sites for hydroxylation is 1. The molecule has 3 aromatic rings. The molecule has 2 N–H and O–H groups in total. The van der Waals surface area contributed by atoms with E-state index < -0.39 is 33.5 Å². The van der Waals surface area contributed by atoms with Crippen molar-refractivity contribution in [2.24, 2.45) is 0 Å². The molecule has 0 saturated carbocycles. The van der Waals surface area contributed by atoms with E-state index >= 15 is 0 Å². The summed E-state index contributed by atoms with van der Waals surface area (Å²) in [6.45, 7) is 14.5. The summed E-state index contributed by atoms with van der Waals surface area (Å²) in [5.41, 5.74) is 0.872. The average molecular weight is 603 g/mol. The predicted molar refractivity (Wildman–Crippen MR) is 160 cm³/mol. The lowest BCUT2D eigenvalue weighted by atomic mass is 9.92. The number of hydrogen-bond donors (Lipinski definition) is 2. The number of imidazole rings is 1. The van der Waals surface area contributed by atoms with Crippen molar-refractivity contribution in [3.8, 4) is 0 Å². The van der Waals surface area contributed by atoms with E-state index in [1.807, 2.05) is 0 Å². The van der Waals surface area contributed by atoms with Crippen LogP contribution in [0.2, 0.25) is 0 Å². The number of aliphatic carboxylic acids is 1. The van der Waals surface area contributed by atoms with Gasteiger partial charge in [0.05, 0.1) is 29.8 Å². The number of carbonyl (C=O) groups is 1. The van der Waals surface area contributed by atoms with Crippen LogP contribution in [0.15, 0.2) is 49.2 Å². The van der Waals surface area contributed by atoms with Crippen molar-refractivity contribution in [3.05, 3.63) is 71.7 Å². The number of benzene rings is 1. The molecule has 12 heteroatoms. The first-order chi connectivity index (χ1) is 19.6. The molecule has 0 spiro atoms. The first kappa shape index (κ1) is 31.5. The molecule has 4 rings (SSSR count). The molecule has 0 unspecified atom stereocenters. The van der Waals surface area contributed by atoms with Crippen LogP contribution in [0.3, 0.4) is 0 Å². The monoisotopic (exact) mass is 602 g/mol. The van der Waals surface area contributed by atoms with Crippen molar-refractivity contribution >= 4 is 33.3 Å². The van der Waals surface area contributed by atoms with Crippen LogP contribution in [0.25, 0.3) is 5.65 Å². The maximum absolute atomic E-state index is 13.3. The normalized spacial score (nSPS) is 16.4. The van der Waals surface area contributed by atoms with E-state index in [4.69, 9.17) is 9.47 Å². The smallest absolute Gasteiger partial charge is 0.337 e. The molecule has 42 heavy (non-hydrogen) atoms. The highest BCUT2D eigenvalue weighted by Gasteiger charge is 2.37. The molecule has 1 aliphatic rings. The standard InChI is InChI=1S/C30H39FN4O6S/c1-7-16-40-30(6)12-14-34(15-13-30)27-25(26(28(36)37)41-29(3,4)5)20(2)17-24-32-23(18-35(24)27)33-42(38,39)19-21-8-10-22(31)11-9-21/h7-11,17-18,26,33H,1,12-16,19H2,2-6H3,(H,36,37)/t26-/m0/s1. The summed E-state index contributed by atoms with van der Waals surface area (Å²) in [6.07, 6.45) is 3.34. The van der Waals surface area contributed by atoms with Crippen LogP contribution in [0.5, 0.6) is 0 Å². The number of carboxylic acids is 1. The van der Waals surface area contributed by atoms with Crippen LogP contribution in [-0.2, 0) is 30.0 Å². The van der Waals surface area contributed by atoms with Crippen molar-refractivity contribution in [2.45, 2.75) is 70.5 Å². The summed E-state index contributed by atoms with van der Waals surface area (Å²) in [5.74, 6) is -1.30. The van der Waals surface area contributed by atoms with Crippen molar-refractivity contribution in [1.29, 1.82) is 0 Å². The fourth-order valence-electron chi connectivity index (χ4n) is 5.12. The van der Waals surface area contributed by atoms with Gasteiger partial charge in [-0.15, -0.1) is 6.58 Å². The number of pyridine rings is 1. The van der Waals surface area contributed by atoms with Crippen LogP contribution in [0.4, 0.5) is 16.0 Å². The summed E-state index contributed by atoms with van der Waals surface area (Å²) < 4.78 is 55.6. The number of sulfonamides is 1. The molecular formula is C30H39FN4O6S. The Morgan fingerprint density at radius 1 is 1.26 bits per heavy atom. The van der Waals surface area contributed by atoms with Crippen molar-refractivity contribution in [1.82, 2.24) is 9.38 Å². The summed E-state index contributed by atoms with van der Waals surface area (Å²) in [4.78, 5) is 19.2. The summed E-state index contributed by atoms with van der Waals surface area (Å²) in [5, 5.41) is 10.3. The van der Waals surface area contributed by atoms with Crippen molar-refractivity contribution in [2.75, 3.05) is 29.3 Å². The van der Waals surface area contributed by atoms with Gasteiger partial charge in [-0.1, -0.05) is 18.2 Å². The third-order valence-corrected chi connectivity index (χ3v) is 8.36. The lowest BCUT2D eigenvalue weighted by Crippen LogP contribution is -2.45. The molecule has 228 valence electrons. The van der Waals surface area contributed by atoms with Gasteiger partial charge in [0.15, 0.2) is 11.9 Å². The maximum Gasteiger partial charge on any atom is 0.337 e. The molecule has 10 nitrogen and oxygen atoms in total. The molecule has 3 heterocycles. The van der Waals surface area contributed by atoms with E-state index in [1.54, 1.807) is 50.4 Å². The summed E-state index contributed by atoms with van der Waals surface area (Å²) >= 11 is 0. The molecule has 1 saturated heterocycles. The number of nitrogens with zero attached hydrogens (tertiary/aromatic N) is 3. The second-order valence-electron chi connectivity index (χ2n) is 11.9. The third kappa shape index (κ3) is 7.47. The van der Waals surface area contributed by atoms with E-state index in [9.17, 15) is 22.7 Å². The maximum atomic E-state index is 13.3. The fourth-order valence-corrected chi connectivity index (χ4v) is 6.24. The van der Waals surface area contributed by atoms with Gasteiger partial charge < -0.3 is 19.5 Å². The highest BCUT2D eigenvalue weighted by Crippen LogP contribution is 2.39. The minimum Gasteiger partial charge on any atom is -0.479 e. The number of fused-ring (bicyclic) bond motifs is 1. The second-order valence-corrected chi connectivity index (χ2v) is 13.6. The fraction of sp³-hybridized carbons (Fsp3) is 0.467. The summed E-state index contributed by atoms with van der Waals surface area (Å²) in [7, 11) is -3.89. The van der Waals surface area contributed by atoms with Gasteiger partial charge in [-0.05, 0) is 76.8 Å². The zero-order valence-electron chi connectivity index (χ0n) is 24.7. The number of nitrogens with one attached hydrogen (secondary N) is 1. The van der Waals surface area contributed by atoms with Gasteiger partial charge in [0.25, 0.3) is 0 Å². The Balaban J connectivity index is 1.77. The largest absolute Gasteiger partial charge is 0.479 e. The molecule has 1 aromatic carbocycles. The van der Waals surface area contributed by atoms with Gasteiger partial charge in [-0.3, -0.25) is 9.12 Å². The number of carboxylic acid groups (broad SMARTS) is 1. The zero-order valence-corrected chi connectivity index (χ0v) is 25.5. The van der Waals surface area contributed by atoms with E-state index in [1.165, 1.54) is 24.3 Å². The van der Waals surface area contributed by atoms with Gasteiger partial charge in [0, 0.05) is 18.7 Å². The van der Waals surface area contributed by atoms with Gasteiger partial charge in [0.2, 0.25) is 10.0 Å². The lowest BCUT2D eigenvalue weighted by Gasteiger charge is -2.41. The van der Waals surface area contributed by atoms with E-state index in [0.29, 0.717) is 60.7 Å². The molecule has 1 aliphatic heterocycles. The quantitative estimate of drug-likeness (QED) is 0.286. The number of piperidine rings is 1. The van der Waals surface area contributed by atoms with Gasteiger partial charge >= 0.3 is 5.97 Å². The first-order valence-electron chi connectivity index (χ1n) is 13.8. The van der Waals surface area contributed by atoms with Crippen molar-refractivity contribution in [3.63, 3.8) is 0 Å². The molecule has 0 aliphatic carbocycles. The van der Waals surface area contributed by atoms with Gasteiger partial charge in [-0.25, -0.2) is 22.6 Å². The zero-order chi connectivity index (χ0) is 30.9. The number of halogens is 1. The topological polar surface area (TPSA) is 122 Å². The Hall–Kier alpha value is -3.48. The highest BCUT2D eigenvalue weighted by molar-refractivity contribution is 7.91.